The predicted octanol–water partition coefficient (Wildman–Crippen LogP) is 3.38. The molecular weight excluding hydrogens is 506 g/mol. The maximum atomic E-state index is 14.1. The van der Waals surface area contributed by atoms with Crippen molar-refractivity contribution >= 4 is 34.8 Å². The summed E-state index contributed by atoms with van der Waals surface area (Å²) in [6, 6.07) is 11.6. The highest BCUT2D eigenvalue weighted by molar-refractivity contribution is 7.77. The van der Waals surface area contributed by atoms with Gasteiger partial charge in [0.25, 0.3) is 22.8 Å². The van der Waals surface area contributed by atoms with Crippen LogP contribution in [0.2, 0.25) is 0 Å². The lowest BCUT2D eigenvalue weighted by atomic mass is 10.2. The molecule has 1 amide bonds. The molecule has 188 valence electrons. The van der Waals surface area contributed by atoms with E-state index in [9.17, 15) is 17.8 Å². The average Bonchev–Trinajstić information content (AvgIpc) is 3.36. The van der Waals surface area contributed by atoms with Crippen molar-refractivity contribution in [1.29, 1.82) is 0 Å². The highest BCUT2D eigenvalue weighted by Crippen LogP contribution is 2.38. The maximum Gasteiger partial charge on any atom is 0.261 e. The Morgan fingerprint density at radius 1 is 1.19 bits per heavy atom. The van der Waals surface area contributed by atoms with Crippen LogP contribution in [0.3, 0.4) is 0 Å². The van der Waals surface area contributed by atoms with Gasteiger partial charge >= 0.3 is 0 Å². The topological polar surface area (TPSA) is 131 Å². The van der Waals surface area contributed by atoms with Crippen LogP contribution in [0.25, 0.3) is 17.5 Å². The molecule has 0 aromatic heterocycles. The van der Waals surface area contributed by atoms with Crippen molar-refractivity contribution in [3.05, 3.63) is 83.6 Å². The van der Waals surface area contributed by atoms with Gasteiger partial charge in [0.2, 0.25) is 0 Å². The van der Waals surface area contributed by atoms with Gasteiger partial charge in [-0.2, -0.15) is 4.98 Å². The van der Waals surface area contributed by atoms with Crippen LogP contribution in [0.15, 0.2) is 65.8 Å². The summed E-state index contributed by atoms with van der Waals surface area (Å²) in [5.74, 6) is -0.748. The number of fused-ring (bicyclic) bond motifs is 3. The third kappa shape index (κ3) is 5.52. The monoisotopic (exact) mass is 524 g/mol. The van der Waals surface area contributed by atoms with Gasteiger partial charge in [-0.1, -0.05) is 12.1 Å². The molecule has 3 aliphatic rings. The zero-order valence-corrected chi connectivity index (χ0v) is 19.7. The minimum atomic E-state index is -2.42. The lowest BCUT2D eigenvalue weighted by molar-refractivity contribution is -0.114. The van der Waals surface area contributed by atoms with Crippen molar-refractivity contribution in [2.75, 3.05) is 11.9 Å². The van der Waals surface area contributed by atoms with Crippen molar-refractivity contribution in [3.63, 3.8) is 0 Å². The summed E-state index contributed by atoms with van der Waals surface area (Å²) in [6.07, 6.45) is 4.21. The van der Waals surface area contributed by atoms with Crippen LogP contribution in [0.5, 0.6) is 11.5 Å². The number of aromatic nitrogens is 3. The first-order chi connectivity index (χ1) is 17.9. The maximum absolute atomic E-state index is 14.1. The largest absolute Gasteiger partial charge is 0.450 e. The standard InChI is InChI=1S/C24H18F2N6O4S/c25-16-4-7-19(18(26)12-16)36-20-11-15-13-28-24(30-22(15)32-10-9-27-23(20)32)29-17-5-1-14(2-6-17)3-8-21(33)31-37(34)35/h1-8,11-13,27H,9-10H2,(H,31,33)(H,34,35). The van der Waals surface area contributed by atoms with Gasteiger partial charge in [-0.25, -0.2) is 27.7 Å². The zero-order chi connectivity index (χ0) is 25.9. The summed E-state index contributed by atoms with van der Waals surface area (Å²) in [5, 5.41) is 3.20. The van der Waals surface area contributed by atoms with Gasteiger partial charge in [0.15, 0.2) is 23.1 Å². The fourth-order valence-electron chi connectivity index (χ4n) is 3.70. The summed E-state index contributed by atoms with van der Waals surface area (Å²) in [7, 11) is 0. The van der Waals surface area contributed by atoms with Crippen molar-refractivity contribution in [1.82, 2.24) is 19.3 Å². The first-order valence-electron chi connectivity index (χ1n) is 10.9. The molecule has 5 rings (SSSR count). The number of nitrogens with one attached hydrogen (secondary N) is 2. The Hall–Kier alpha value is -4.49. The highest BCUT2D eigenvalue weighted by atomic mass is 32.2. The highest BCUT2D eigenvalue weighted by Gasteiger charge is 2.23. The van der Waals surface area contributed by atoms with Crippen molar-refractivity contribution < 1.29 is 27.1 Å². The summed E-state index contributed by atoms with van der Waals surface area (Å²) >= 11 is -2.42. The van der Waals surface area contributed by atoms with Crippen LogP contribution in [0.4, 0.5) is 20.3 Å². The predicted molar refractivity (Wildman–Crippen MR) is 131 cm³/mol. The molecule has 0 bridgehead atoms. The Balaban J connectivity index is 1.43. The molecule has 3 heterocycles. The molecule has 1 unspecified atom stereocenters. The minimum Gasteiger partial charge on any atom is -0.450 e. The van der Waals surface area contributed by atoms with Gasteiger partial charge in [0.05, 0.1) is 5.69 Å². The molecule has 2 aromatic rings. The average molecular weight is 525 g/mol. The smallest absolute Gasteiger partial charge is 0.261 e. The summed E-state index contributed by atoms with van der Waals surface area (Å²) in [5.41, 5.74) is 2.12. The number of carbonyl (C=O) groups is 1. The third-order valence-electron chi connectivity index (χ3n) is 5.31. The van der Waals surface area contributed by atoms with Gasteiger partial charge in [-0.15, -0.1) is 0 Å². The molecule has 3 aliphatic heterocycles. The Labute approximate surface area is 211 Å². The van der Waals surface area contributed by atoms with Gasteiger partial charge in [-0.05, 0) is 42.0 Å². The molecule has 0 aliphatic carbocycles. The first-order valence-corrected chi connectivity index (χ1v) is 12.0. The van der Waals surface area contributed by atoms with Gasteiger partial charge in [0, 0.05) is 37.0 Å². The second kappa shape index (κ2) is 10.2. The number of anilines is 1. The second-order valence-electron chi connectivity index (χ2n) is 7.81. The number of nitrogens with zero attached hydrogens (tertiary/aromatic N) is 4. The SMILES string of the molecule is O=C(C=Cc1ccc(N=c2ncc3cc(Oc4ccc(F)cc4F)c4n(c-3n2)CCN4)cc1)NS(=O)O. The fraction of sp³-hybridized carbons (Fsp3) is 0.0833. The van der Waals surface area contributed by atoms with E-state index in [-0.39, 0.29) is 11.4 Å². The van der Waals surface area contributed by atoms with E-state index < -0.39 is 28.8 Å². The van der Waals surface area contributed by atoms with E-state index in [1.807, 2.05) is 9.29 Å². The number of benzene rings is 2. The number of rotatable bonds is 6. The molecule has 37 heavy (non-hydrogen) atoms. The van der Waals surface area contributed by atoms with E-state index in [1.54, 1.807) is 36.5 Å². The van der Waals surface area contributed by atoms with E-state index >= 15 is 0 Å². The quantitative estimate of drug-likeness (QED) is 0.260. The number of ether oxygens (including phenoxy) is 1. The number of carbonyl (C=O) groups excluding carboxylic acids is 1. The summed E-state index contributed by atoms with van der Waals surface area (Å²) < 4.78 is 56.1. The van der Waals surface area contributed by atoms with E-state index in [1.165, 1.54) is 12.1 Å². The molecule has 10 nitrogen and oxygen atoms in total. The van der Waals surface area contributed by atoms with E-state index in [0.29, 0.717) is 47.3 Å². The molecule has 0 radical (unpaired) electrons. The molecule has 1 atom stereocenters. The molecule has 3 N–H and O–H groups in total. The fourth-order valence-corrected chi connectivity index (χ4v) is 3.94. The Morgan fingerprint density at radius 3 is 2.76 bits per heavy atom. The van der Waals surface area contributed by atoms with Gasteiger partial charge in [-0.3, -0.25) is 9.35 Å². The molecule has 0 saturated carbocycles. The third-order valence-corrected chi connectivity index (χ3v) is 5.68. The van der Waals surface area contributed by atoms with Gasteiger partial charge in [0.1, 0.15) is 11.6 Å². The molecule has 0 spiro atoms. The van der Waals surface area contributed by atoms with Crippen LogP contribution >= 0.6 is 0 Å². The Kier molecular flexibility index (Phi) is 6.70. The molecular formula is C24H18F2N6O4S. The zero-order valence-electron chi connectivity index (χ0n) is 18.9. The summed E-state index contributed by atoms with van der Waals surface area (Å²) in [6.45, 7) is 1.20. The number of hydrogen-bond acceptors (Lipinski definition) is 7. The number of halogens is 2. The van der Waals surface area contributed by atoms with Crippen molar-refractivity contribution in [3.8, 4) is 22.9 Å². The van der Waals surface area contributed by atoms with Crippen LogP contribution < -0.4 is 20.4 Å². The number of amides is 1. The number of pyridine rings is 1. The molecule has 2 aromatic carbocycles. The van der Waals surface area contributed by atoms with Crippen LogP contribution in [-0.4, -0.2) is 35.7 Å². The van der Waals surface area contributed by atoms with Crippen LogP contribution in [0.1, 0.15) is 5.56 Å². The molecule has 0 saturated heterocycles. The summed E-state index contributed by atoms with van der Waals surface area (Å²) in [4.78, 5) is 24.8. The lowest BCUT2D eigenvalue weighted by Crippen LogP contribution is -2.22. The van der Waals surface area contributed by atoms with E-state index in [2.05, 4.69) is 20.3 Å². The first kappa shape index (κ1) is 24.2. The van der Waals surface area contributed by atoms with E-state index in [0.717, 1.165) is 18.2 Å². The number of hydrogen-bond donors (Lipinski definition) is 3. The van der Waals surface area contributed by atoms with Crippen LogP contribution in [0, 0.1) is 11.6 Å². The van der Waals surface area contributed by atoms with Crippen molar-refractivity contribution in [2.45, 2.75) is 6.54 Å². The molecule has 13 heteroatoms. The second-order valence-corrected chi connectivity index (χ2v) is 8.52. The Bertz CT molecular complexity index is 1590. The Morgan fingerprint density at radius 2 is 2.00 bits per heavy atom. The van der Waals surface area contributed by atoms with E-state index in [4.69, 9.17) is 9.29 Å². The van der Waals surface area contributed by atoms with Crippen molar-refractivity contribution in [2.24, 2.45) is 4.99 Å². The molecule has 0 fully saturated rings. The lowest BCUT2D eigenvalue weighted by Gasteiger charge is -2.17. The van der Waals surface area contributed by atoms with Gasteiger partial charge < -0.3 is 14.6 Å². The normalized spacial score (nSPS) is 14.0. The minimum absolute atomic E-state index is 0.105. The van der Waals surface area contributed by atoms with Crippen LogP contribution in [-0.2, 0) is 22.6 Å².